The summed E-state index contributed by atoms with van der Waals surface area (Å²) in [4.78, 5) is 25.3. The summed E-state index contributed by atoms with van der Waals surface area (Å²) in [5.74, 6) is 0.429. The highest BCUT2D eigenvalue weighted by molar-refractivity contribution is 5.84. The fraction of sp³-hybridized carbons (Fsp3) is 0.818. The van der Waals surface area contributed by atoms with Crippen molar-refractivity contribution >= 4 is 11.8 Å². The number of likely N-dealkylation sites (tertiary alicyclic amines) is 1. The van der Waals surface area contributed by atoms with E-state index >= 15 is 0 Å². The van der Waals surface area contributed by atoms with Crippen LogP contribution < -0.4 is 10.6 Å². The maximum Gasteiger partial charge on any atom is 0.225 e. The third kappa shape index (κ3) is 1.80. The summed E-state index contributed by atoms with van der Waals surface area (Å²) in [5, 5.41) is 6.06. The van der Waals surface area contributed by atoms with Crippen LogP contribution in [0.25, 0.3) is 0 Å². The van der Waals surface area contributed by atoms with E-state index in [4.69, 9.17) is 0 Å². The Morgan fingerprint density at radius 3 is 2.69 bits per heavy atom. The maximum atomic E-state index is 11.7. The molecule has 2 aliphatic heterocycles. The molecule has 5 nitrogen and oxygen atoms in total. The molecule has 2 saturated heterocycles. The molecule has 1 saturated carbocycles. The summed E-state index contributed by atoms with van der Waals surface area (Å²) in [5.41, 5.74) is 0. The molecule has 0 aromatic heterocycles. The summed E-state index contributed by atoms with van der Waals surface area (Å²) in [6.45, 7) is 2.27. The minimum Gasteiger partial charge on any atom is -0.351 e. The fourth-order valence-corrected chi connectivity index (χ4v) is 2.36. The van der Waals surface area contributed by atoms with Gasteiger partial charge in [-0.15, -0.1) is 0 Å². The number of nitrogens with zero attached hydrogens (tertiary/aromatic N) is 1. The zero-order valence-corrected chi connectivity index (χ0v) is 9.24. The van der Waals surface area contributed by atoms with E-state index in [0.717, 1.165) is 32.5 Å². The Bertz CT molecular complexity index is 323. The van der Waals surface area contributed by atoms with Crippen molar-refractivity contribution in [3.05, 3.63) is 0 Å². The summed E-state index contributed by atoms with van der Waals surface area (Å²) in [6, 6.07) is 0.515. The van der Waals surface area contributed by atoms with E-state index in [-0.39, 0.29) is 23.8 Å². The summed E-state index contributed by atoms with van der Waals surface area (Å²) in [7, 11) is 0. The zero-order chi connectivity index (χ0) is 11.1. The maximum absolute atomic E-state index is 11.7. The predicted molar refractivity (Wildman–Crippen MR) is 57.6 cm³/mol. The monoisotopic (exact) mass is 223 g/mol. The van der Waals surface area contributed by atoms with Crippen LogP contribution in [0.5, 0.6) is 0 Å². The highest BCUT2D eigenvalue weighted by atomic mass is 16.2. The van der Waals surface area contributed by atoms with Gasteiger partial charge in [0.15, 0.2) is 0 Å². The van der Waals surface area contributed by atoms with Gasteiger partial charge >= 0.3 is 0 Å². The quantitative estimate of drug-likeness (QED) is 0.651. The van der Waals surface area contributed by atoms with E-state index in [0.29, 0.717) is 12.5 Å². The SMILES string of the molecule is O=C(NC1CC(=O)N(C2CC2)C1)C1CNC1. The number of carbonyl (C=O) groups excluding carboxylic acids is 2. The van der Waals surface area contributed by atoms with Crippen molar-refractivity contribution in [2.75, 3.05) is 19.6 Å². The lowest BCUT2D eigenvalue weighted by molar-refractivity contribution is -0.128. The van der Waals surface area contributed by atoms with E-state index < -0.39 is 0 Å². The van der Waals surface area contributed by atoms with Gasteiger partial charge in [-0.25, -0.2) is 0 Å². The van der Waals surface area contributed by atoms with Gasteiger partial charge in [0.25, 0.3) is 0 Å². The first-order valence-corrected chi connectivity index (χ1v) is 6.04. The van der Waals surface area contributed by atoms with Crippen LogP contribution in [-0.2, 0) is 9.59 Å². The highest BCUT2D eigenvalue weighted by Crippen LogP contribution is 2.30. The third-order valence-corrected chi connectivity index (χ3v) is 3.64. The second kappa shape index (κ2) is 3.73. The van der Waals surface area contributed by atoms with Crippen LogP contribution in [0.1, 0.15) is 19.3 Å². The van der Waals surface area contributed by atoms with Crippen molar-refractivity contribution < 1.29 is 9.59 Å². The number of amides is 2. The van der Waals surface area contributed by atoms with Gasteiger partial charge in [0.05, 0.1) is 12.0 Å². The molecule has 0 radical (unpaired) electrons. The molecule has 3 aliphatic rings. The lowest BCUT2D eigenvalue weighted by Crippen LogP contribution is -2.53. The summed E-state index contributed by atoms with van der Waals surface area (Å²) < 4.78 is 0. The van der Waals surface area contributed by atoms with Crippen molar-refractivity contribution in [3.63, 3.8) is 0 Å². The van der Waals surface area contributed by atoms with Crippen molar-refractivity contribution in [3.8, 4) is 0 Å². The van der Waals surface area contributed by atoms with Gasteiger partial charge in [-0.2, -0.15) is 0 Å². The third-order valence-electron chi connectivity index (χ3n) is 3.64. The molecule has 0 spiro atoms. The molecule has 2 N–H and O–H groups in total. The molecule has 16 heavy (non-hydrogen) atoms. The summed E-state index contributed by atoms with van der Waals surface area (Å²) >= 11 is 0. The highest BCUT2D eigenvalue weighted by Gasteiger charge is 2.40. The molecular weight excluding hydrogens is 206 g/mol. The molecule has 0 aromatic rings. The molecule has 88 valence electrons. The molecule has 2 amide bonds. The molecule has 5 heteroatoms. The number of nitrogens with one attached hydrogen (secondary N) is 2. The van der Waals surface area contributed by atoms with Gasteiger partial charge in [-0.3, -0.25) is 9.59 Å². The molecular formula is C11H17N3O2. The molecule has 1 aliphatic carbocycles. The Morgan fingerprint density at radius 2 is 2.12 bits per heavy atom. The average molecular weight is 223 g/mol. The van der Waals surface area contributed by atoms with Crippen LogP contribution in [0.15, 0.2) is 0 Å². The molecule has 3 fully saturated rings. The molecule has 2 heterocycles. The van der Waals surface area contributed by atoms with Crippen LogP contribution >= 0.6 is 0 Å². The molecule has 1 atom stereocenters. The average Bonchev–Trinajstić information content (AvgIpc) is 2.89. The Labute approximate surface area is 94.6 Å². The second-order valence-corrected chi connectivity index (χ2v) is 5.04. The van der Waals surface area contributed by atoms with E-state index in [2.05, 4.69) is 10.6 Å². The van der Waals surface area contributed by atoms with Gasteiger partial charge in [-0.05, 0) is 12.8 Å². The van der Waals surface area contributed by atoms with E-state index in [1.54, 1.807) is 0 Å². The lowest BCUT2D eigenvalue weighted by atomic mass is 10.0. The van der Waals surface area contributed by atoms with Crippen LogP contribution in [0.3, 0.4) is 0 Å². The topological polar surface area (TPSA) is 61.4 Å². The van der Waals surface area contributed by atoms with Crippen LogP contribution in [0, 0.1) is 5.92 Å². The molecule has 0 bridgehead atoms. The lowest BCUT2D eigenvalue weighted by Gasteiger charge is -2.27. The van der Waals surface area contributed by atoms with Crippen molar-refractivity contribution in [1.29, 1.82) is 0 Å². The predicted octanol–water partition coefficient (Wildman–Crippen LogP) is -0.915. The molecule has 3 rings (SSSR count). The Balaban J connectivity index is 1.52. The van der Waals surface area contributed by atoms with Gasteiger partial charge < -0.3 is 15.5 Å². The number of hydrogen-bond acceptors (Lipinski definition) is 3. The number of rotatable bonds is 3. The van der Waals surface area contributed by atoms with E-state index in [9.17, 15) is 9.59 Å². The van der Waals surface area contributed by atoms with Crippen LogP contribution in [-0.4, -0.2) is 48.4 Å². The fourth-order valence-electron chi connectivity index (χ4n) is 2.36. The standard InChI is InChI=1S/C11H17N3O2/c15-10-3-8(6-14(10)9-1-2-9)13-11(16)7-4-12-5-7/h7-9,12H,1-6H2,(H,13,16). The molecule has 0 aromatic carbocycles. The minimum absolute atomic E-state index is 0.0428. The van der Waals surface area contributed by atoms with Crippen LogP contribution in [0.4, 0.5) is 0 Å². The van der Waals surface area contributed by atoms with Gasteiger partial charge in [0, 0.05) is 32.1 Å². The Kier molecular flexibility index (Phi) is 2.35. The van der Waals surface area contributed by atoms with Crippen molar-refractivity contribution in [1.82, 2.24) is 15.5 Å². The second-order valence-electron chi connectivity index (χ2n) is 5.04. The Morgan fingerprint density at radius 1 is 1.38 bits per heavy atom. The first-order valence-electron chi connectivity index (χ1n) is 6.04. The smallest absolute Gasteiger partial charge is 0.225 e. The first-order chi connectivity index (χ1) is 7.74. The summed E-state index contributed by atoms with van der Waals surface area (Å²) in [6.07, 6.45) is 2.76. The van der Waals surface area contributed by atoms with Crippen molar-refractivity contribution in [2.24, 2.45) is 5.92 Å². The number of carbonyl (C=O) groups is 2. The first kappa shape index (κ1) is 10.1. The van der Waals surface area contributed by atoms with Gasteiger partial charge in [-0.1, -0.05) is 0 Å². The van der Waals surface area contributed by atoms with E-state index in [1.807, 2.05) is 4.90 Å². The van der Waals surface area contributed by atoms with Crippen LogP contribution in [0.2, 0.25) is 0 Å². The van der Waals surface area contributed by atoms with Gasteiger partial charge in [0.2, 0.25) is 11.8 Å². The van der Waals surface area contributed by atoms with E-state index in [1.165, 1.54) is 0 Å². The Hall–Kier alpha value is -1.10. The molecule has 1 unspecified atom stereocenters. The number of hydrogen-bond donors (Lipinski definition) is 2. The minimum atomic E-state index is 0.0428. The largest absolute Gasteiger partial charge is 0.351 e. The van der Waals surface area contributed by atoms with Gasteiger partial charge in [0.1, 0.15) is 0 Å². The zero-order valence-electron chi connectivity index (χ0n) is 9.24. The normalized spacial score (nSPS) is 30.4. The van der Waals surface area contributed by atoms with Crippen molar-refractivity contribution in [2.45, 2.75) is 31.3 Å².